The van der Waals surface area contributed by atoms with E-state index >= 15 is 0 Å². The van der Waals surface area contributed by atoms with E-state index in [9.17, 15) is 13.5 Å². The minimum absolute atomic E-state index is 0.223. The topological polar surface area (TPSA) is 57.6 Å². The van der Waals surface area contributed by atoms with Crippen LogP contribution in [0.1, 0.15) is 19.8 Å². The monoisotopic (exact) mass is 261 g/mol. The second-order valence-electron chi connectivity index (χ2n) is 4.18. The molecule has 1 aliphatic heterocycles. The summed E-state index contributed by atoms with van der Waals surface area (Å²) in [4.78, 5) is 0. The van der Waals surface area contributed by atoms with Crippen molar-refractivity contribution >= 4 is 21.4 Å². The minimum Gasteiger partial charge on any atom is -0.387 e. The highest BCUT2D eigenvalue weighted by Gasteiger charge is 2.46. The summed E-state index contributed by atoms with van der Waals surface area (Å²) in [5.74, 6) is 0. The zero-order valence-electron chi connectivity index (χ0n) is 9.09. The molecule has 0 atom stereocenters. The molecule has 2 rings (SSSR count). The fourth-order valence-electron chi connectivity index (χ4n) is 1.94. The standard InChI is InChI=1S/C10H15NO3S2/c1-2-5-10(12)7-11(8-10)16(13,14)9-4-3-6-15-9/h3-4,6,12H,2,5,7-8H2,1H3. The predicted octanol–water partition coefficient (Wildman–Crippen LogP) is 1.28. The van der Waals surface area contributed by atoms with Crippen LogP contribution >= 0.6 is 11.3 Å². The highest BCUT2D eigenvalue weighted by atomic mass is 32.2. The molecular formula is C10H15NO3S2. The summed E-state index contributed by atoms with van der Waals surface area (Å²) in [5.41, 5.74) is -0.806. The van der Waals surface area contributed by atoms with Crippen LogP contribution in [-0.2, 0) is 10.0 Å². The molecule has 2 heterocycles. The molecule has 90 valence electrons. The number of sulfonamides is 1. The van der Waals surface area contributed by atoms with Crippen LogP contribution in [0.5, 0.6) is 0 Å². The van der Waals surface area contributed by atoms with Crippen LogP contribution in [0.25, 0.3) is 0 Å². The van der Waals surface area contributed by atoms with Gasteiger partial charge in [-0.3, -0.25) is 0 Å². The second kappa shape index (κ2) is 4.10. The Bertz CT molecular complexity index is 446. The van der Waals surface area contributed by atoms with Gasteiger partial charge in [-0.2, -0.15) is 4.31 Å². The molecule has 16 heavy (non-hydrogen) atoms. The Labute approximate surface area is 99.6 Å². The Kier molecular flexibility index (Phi) is 3.09. The van der Waals surface area contributed by atoms with Crippen molar-refractivity contribution in [1.82, 2.24) is 4.31 Å². The summed E-state index contributed by atoms with van der Waals surface area (Å²) in [7, 11) is -3.36. The van der Waals surface area contributed by atoms with Gasteiger partial charge >= 0.3 is 0 Å². The maximum Gasteiger partial charge on any atom is 0.252 e. The molecule has 1 saturated heterocycles. The fourth-order valence-corrected chi connectivity index (χ4v) is 4.68. The quantitative estimate of drug-likeness (QED) is 0.888. The van der Waals surface area contributed by atoms with E-state index in [2.05, 4.69) is 0 Å². The van der Waals surface area contributed by atoms with Crippen molar-refractivity contribution in [2.24, 2.45) is 0 Å². The highest BCUT2D eigenvalue weighted by Crippen LogP contribution is 2.32. The molecule has 1 aliphatic rings. The normalized spacial score (nSPS) is 20.6. The first-order valence-corrected chi connectivity index (χ1v) is 7.56. The molecule has 1 aromatic heterocycles. The van der Waals surface area contributed by atoms with E-state index in [-0.39, 0.29) is 13.1 Å². The van der Waals surface area contributed by atoms with Crippen molar-refractivity contribution in [3.8, 4) is 0 Å². The molecule has 4 nitrogen and oxygen atoms in total. The van der Waals surface area contributed by atoms with Gasteiger partial charge in [-0.15, -0.1) is 11.3 Å². The van der Waals surface area contributed by atoms with Crippen LogP contribution in [0.2, 0.25) is 0 Å². The predicted molar refractivity (Wildman–Crippen MR) is 62.9 cm³/mol. The van der Waals surface area contributed by atoms with Crippen molar-refractivity contribution in [1.29, 1.82) is 0 Å². The molecule has 0 unspecified atom stereocenters. The van der Waals surface area contributed by atoms with Gasteiger partial charge in [0, 0.05) is 13.1 Å². The Balaban J connectivity index is 2.08. The van der Waals surface area contributed by atoms with Gasteiger partial charge in [0.05, 0.1) is 5.60 Å². The van der Waals surface area contributed by atoms with Gasteiger partial charge in [0.2, 0.25) is 0 Å². The maximum absolute atomic E-state index is 12.0. The van der Waals surface area contributed by atoms with E-state index in [1.807, 2.05) is 6.92 Å². The molecule has 0 aliphatic carbocycles. The highest BCUT2D eigenvalue weighted by molar-refractivity contribution is 7.91. The van der Waals surface area contributed by atoms with E-state index in [1.165, 1.54) is 15.6 Å². The smallest absolute Gasteiger partial charge is 0.252 e. The fraction of sp³-hybridized carbons (Fsp3) is 0.600. The summed E-state index contributed by atoms with van der Waals surface area (Å²) in [6.07, 6.45) is 1.52. The third-order valence-electron chi connectivity index (χ3n) is 2.75. The number of thiophene rings is 1. The van der Waals surface area contributed by atoms with Crippen molar-refractivity contribution < 1.29 is 13.5 Å². The lowest BCUT2D eigenvalue weighted by Gasteiger charge is -2.45. The lowest BCUT2D eigenvalue weighted by atomic mass is 9.92. The van der Waals surface area contributed by atoms with E-state index in [0.29, 0.717) is 10.6 Å². The summed E-state index contributed by atoms with van der Waals surface area (Å²) in [6, 6.07) is 3.31. The average Bonchev–Trinajstić information content (AvgIpc) is 2.67. The van der Waals surface area contributed by atoms with Gasteiger partial charge in [-0.1, -0.05) is 19.4 Å². The lowest BCUT2D eigenvalue weighted by molar-refractivity contribution is -0.0652. The summed E-state index contributed by atoms with van der Waals surface area (Å²) in [5, 5.41) is 11.7. The largest absolute Gasteiger partial charge is 0.387 e. The maximum atomic E-state index is 12.0. The Morgan fingerprint density at radius 3 is 2.75 bits per heavy atom. The average molecular weight is 261 g/mol. The molecule has 0 amide bonds. The number of hydrogen-bond donors (Lipinski definition) is 1. The van der Waals surface area contributed by atoms with Crippen molar-refractivity contribution in [3.05, 3.63) is 17.5 Å². The van der Waals surface area contributed by atoms with Crippen molar-refractivity contribution in [3.63, 3.8) is 0 Å². The number of aliphatic hydroxyl groups is 1. The van der Waals surface area contributed by atoms with E-state index in [4.69, 9.17) is 0 Å². The van der Waals surface area contributed by atoms with E-state index in [0.717, 1.165) is 6.42 Å². The first-order valence-electron chi connectivity index (χ1n) is 5.24. The summed E-state index contributed by atoms with van der Waals surface area (Å²) < 4.78 is 25.7. The zero-order chi connectivity index (χ0) is 11.8. The molecule has 0 aromatic carbocycles. The molecule has 0 saturated carbocycles. The molecular weight excluding hydrogens is 246 g/mol. The van der Waals surface area contributed by atoms with Crippen LogP contribution in [0.15, 0.2) is 21.7 Å². The first-order chi connectivity index (χ1) is 7.48. The molecule has 0 bridgehead atoms. The third kappa shape index (κ3) is 2.02. The van der Waals surface area contributed by atoms with Gasteiger partial charge in [-0.05, 0) is 17.9 Å². The molecule has 6 heteroatoms. The number of β-amino-alcohol motifs (C(OH)–C–C–N with tert-alkyl or cyclic N) is 1. The van der Waals surface area contributed by atoms with Gasteiger partial charge < -0.3 is 5.11 Å². The Hall–Kier alpha value is -0.430. The van der Waals surface area contributed by atoms with Crippen LogP contribution in [0.4, 0.5) is 0 Å². The van der Waals surface area contributed by atoms with Gasteiger partial charge in [0.15, 0.2) is 0 Å². The van der Waals surface area contributed by atoms with Crippen LogP contribution < -0.4 is 0 Å². The molecule has 0 radical (unpaired) electrons. The van der Waals surface area contributed by atoms with Gasteiger partial charge in [0.25, 0.3) is 10.0 Å². The van der Waals surface area contributed by atoms with Crippen molar-refractivity contribution in [2.75, 3.05) is 13.1 Å². The number of rotatable bonds is 4. The third-order valence-corrected chi connectivity index (χ3v) is 5.91. The molecule has 1 aromatic rings. The Morgan fingerprint density at radius 1 is 1.56 bits per heavy atom. The second-order valence-corrected chi connectivity index (χ2v) is 7.29. The van der Waals surface area contributed by atoms with Crippen LogP contribution in [0, 0.1) is 0 Å². The lowest BCUT2D eigenvalue weighted by Crippen LogP contribution is -2.63. The molecule has 0 spiro atoms. The molecule has 1 fully saturated rings. The Morgan fingerprint density at radius 2 is 2.25 bits per heavy atom. The van der Waals surface area contributed by atoms with Gasteiger partial charge in [0.1, 0.15) is 4.21 Å². The van der Waals surface area contributed by atoms with Crippen molar-refractivity contribution in [2.45, 2.75) is 29.6 Å². The zero-order valence-corrected chi connectivity index (χ0v) is 10.7. The number of hydrogen-bond acceptors (Lipinski definition) is 4. The minimum atomic E-state index is -3.36. The first kappa shape index (κ1) is 12.0. The summed E-state index contributed by atoms with van der Waals surface area (Å²) in [6.45, 7) is 2.43. The molecule has 1 N–H and O–H groups in total. The number of nitrogens with zero attached hydrogens (tertiary/aromatic N) is 1. The van der Waals surface area contributed by atoms with Crippen LogP contribution in [-0.4, -0.2) is 36.5 Å². The van der Waals surface area contributed by atoms with Crippen LogP contribution in [0.3, 0.4) is 0 Å². The van der Waals surface area contributed by atoms with E-state index < -0.39 is 15.6 Å². The summed E-state index contributed by atoms with van der Waals surface area (Å²) >= 11 is 1.21. The van der Waals surface area contributed by atoms with E-state index in [1.54, 1.807) is 17.5 Å². The SMILES string of the molecule is CCCC1(O)CN(S(=O)(=O)c2cccs2)C1. The van der Waals surface area contributed by atoms with Gasteiger partial charge in [-0.25, -0.2) is 8.42 Å².